The van der Waals surface area contributed by atoms with Crippen molar-refractivity contribution in [2.24, 2.45) is 11.8 Å². The Morgan fingerprint density at radius 3 is 2.56 bits per heavy atom. The molecule has 1 rings (SSSR count). The quantitative estimate of drug-likeness (QED) is 0.813. The minimum atomic E-state index is -0.315. The van der Waals surface area contributed by atoms with Crippen molar-refractivity contribution in [3.05, 3.63) is 0 Å². The van der Waals surface area contributed by atoms with E-state index in [1.807, 2.05) is 11.8 Å². The molecular formula is C14H26N2O2. The summed E-state index contributed by atoms with van der Waals surface area (Å²) in [5, 5.41) is 2.83. The first-order valence-corrected chi connectivity index (χ1v) is 7.03. The minimum absolute atomic E-state index is 0.00139. The Hall–Kier alpha value is -1.06. The molecule has 0 radical (unpaired) electrons. The van der Waals surface area contributed by atoms with Crippen LogP contribution in [0, 0.1) is 11.8 Å². The zero-order valence-electron chi connectivity index (χ0n) is 12.0. The van der Waals surface area contributed by atoms with E-state index in [-0.39, 0.29) is 17.9 Å². The highest BCUT2D eigenvalue weighted by molar-refractivity contribution is 5.89. The Morgan fingerprint density at radius 1 is 1.33 bits per heavy atom. The summed E-state index contributed by atoms with van der Waals surface area (Å²) in [5.41, 5.74) is 0. The molecule has 4 nitrogen and oxygen atoms in total. The lowest BCUT2D eigenvalue weighted by Gasteiger charge is -2.28. The lowest BCUT2D eigenvalue weighted by molar-refractivity contribution is -0.134. The molecule has 18 heavy (non-hydrogen) atoms. The van der Waals surface area contributed by atoms with Crippen LogP contribution in [-0.4, -0.2) is 35.8 Å². The van der Waals surface area contributed by atoms with Crippen LogP contribution in [-0.2, 0) is 9.59 Å². The van der Waals surface area contributed by atoms with Gasteiger partial charge in [0.1, 0.15) is 6.04 Å². The number of carbonyl (C=O) groups is 2. The fraction of sp³-hybridized carbons (Fsp3) is 0.857. The van der Waals surface area contributed by atoms with Crippen molar-refractivity contribution in [1.29, 1.82) is 0 Å². The van der Waals surface area contributed by atoms with Crippen LogP contribution in [0.4, 0.5) is 0 Å². The van der Waals surface area contributed by atoms with Crippen LogP contribution < -0.4 is 5.32 Å². The molecule has 0 saturated carbocycles. The number of amides is 2. The largest absolute Gasteiger partial charge is 0.344 e. The number of hydrogen-bond acceptors (Lipinski definition) is 2. The molecule has 1 N–H and O–H groups in total. The summed E-state index contributed by atoms with van der Waals surface area (Å²) in [7, 11) is 0. The topological polar surface area (TPSA) is 49.4 Å². The van der Waals surface area contributed by atoms with Gasteiger partial charge in [-0.2, -0.15) is 0 Å². The molecule has 1 aliphatic heterocycles. The average molecular weight is 254 g/mol. The van der Waals surface area contributed by atoms with Crippen LogP contribution in [0.3, 0.4) is 0 Å². The average Bonchev–Trinajstić information content (AvgIpc) is 2.43. The summed E-state index contributed by atoms with van der Waals surface area (Å²) >= 11 is 0. The Kier molecular flexibility index (Phi) is 5.63. The molecule has 4 heteroatoms. The van der Waals surface area contributed by atoms with E-state index in [0.717, 1.165) is 19.4 Å². The number of nitrogens with zero attached hydrogens (tertiary/aromatic N) is 1. The molecule has 1 heterocycles. The second-order valence-corrected chi connectivity index (χ2v) is 5.66. The lowest BCUT2D eigenvalue weighted by Crippen LogP contribution is -2.46. The molecule has 1 fully saturated rings. The third-order valence-electron chi connectivity index (χ3n) is 3.78. The van der Waals surface area contributed by atoms with Crippen LogP contribution in [0.25, 0.3) is 0 Å². The van der Waals surface area contributed by atoms with E-state index in [1.54, 1.807) is 0 Å². The zero-order valence-corrected chi connectivity index (χ0v) is 12.0. The highest BCUT2D eigenvalue weighted by Crippen LogP contribution is 2.15. The Balaban J connectivity index is 2.71. The van der Waals surface area contributed by atoms with Gasteiger partial charge in [-0.25, -0.2) is 0 Å². The summed E-state index contributed by atoms with van der Waals surface area (Å²) in [6.45, 7) is 9.84. The third-order valence-corrected chi connectivity index (χ3v) is 3.78. The summed E-state index contributed by atoms with van der Waals surface area (Å²) in [6, 6.07) is -0.315. The molecule has 2 unspecified atom stereocenters. The molecule has 0 spiro atoms. The van der Waals surface area contributed by atoms with E-state index >= 15 is 0 Å². The number of carbonyl (C=O) groups excluding carboxylic acids is 2. The van der Waals surface area contributed by atoms with Gasteiger partial charge in [-0.1, -0.05) is 34.1 Å². The van der Waals surface area contributed by atoms with E-state index in [9.17, 15) is 9.59 Å². The molecule has 0 aromatic carbocycles. The fourth-order valence-corrected chi connectivity index (χ4v) is 2.12. The van der Waals surface area contributed by atoms with Gasteiger partial charge >= 0.3 is 0 Å². The fourth-order valence-electron chi connectivity index (χ4n) is 2.12. The van der Waals surface area contributed by atoms with Crippen molar-refractivity contribution < 1.29 is 9.59 Å². The van der Waals surface area contributed by atoms with E-state index in [4.69, 9.17) is 0 Å². The molecule has 1 saturated heterocycles. The van der Waals surface area contributed by atoms with E-state index < -0.39 is 0 Å². The summed E-state index contributed by atoms with van der Waals surface area (Å²) in [5.74, 6) is 1.11. The zero-order chi connectivity index (χ0) is 13.7. The van der Waals surface area contributed by atoms with Gasteiger partial charge < -0.3 is 10.2 Å². The van der Waals surface area contributed by atoms with E-state index in [1.165, 1.54) is 0 Å². The van der Waals surface area contributed by atoms with Gasteiger partial charge in [0.25, 0.3) is 0 Å². The van der Waals surface area contributed by atoms with Crippen molar-refractivity contribution in [1.82, 2.24) is 10.2 Å². The minimum Gasteiger partial charge on any atom is -0.344 e. The first-order chi connectivity index (χ1) is 8.45. The highest BCUT2D eigenvalue weighted by Gasteiger charge is 2.30. The second kappa shape index (κ2) is 6.76. The summed E-state index contributed by atoms with van der Waals surface area (Å²) in [4.78, 5) is 25.8. The van der Waals surface area contributed by atoms with Gasteiger partial charge in [0.2, 0.25) is 11.8 Å². The van der Waals surface area contributed by atoms with Gasteiger partial charge in [-0.3, -0.25) is 9.59 Å². The maximum Gasteiger partial charge on any atom is 0.245 e. The summed E-state index contributed by atoms with van der Waals surface area (Å²) in [6.07, 6.45) is 2.07. The molecule has 0 aliphatic carbocycles. The number of hydrogen-bond donors (Lipinski definition) is 1. The summed E-state index contributed by atoms with van der Waals surface area (Å²) < 4.78 is 0. The monoisotopic (exact) mass is 254 g/mol. The smallest absolute Gasteiger partial charge is 0.245 e. The maximum absolute atomic E-state index is 12.4. The second-order valence-electron chi connectivity index (χ2n) is 5.66. The van der Waals surface area contributed by atoms with Crippen LogP contribution in [0.5, 0.6) is 0 Å². The predicted octanol–water partition coefficient (Wildman–Crippen LogP) is 1.80. The van der Waals surface area contributed by atoms with Crippen LogP contribution in [0.1, 0.15) is 47.0 Å². The molecule has 0 bridgehead atoms. The third kappa shape index (κ3) is 4.00. The van der Waals surface area contributed by atoms with Gasteiger partial charge in [-0.05, 0) is 18.3 Å². The molecule has 0 aromatic heterocycles. The first-order valence-electron chi connectivity index (χ1n) is 7.03. The standard InChI is InChI=1S/C14H26N2O2/c1-5-6-12-14(18)16(8-7-13(17)15-12)9-11(4)10(2)3/h10-12H,5-9H2,1-4H3,(H,15,17). The molecule has 104 valence electrons. The predicted molar refractivity (Wildman–Crippen MR) is 72.0 cm³/mol. The number of rotatable bonds is 5. The normalized spacial score (nSPS) is 22.9. The van der Waals surface area contributed by atoms with Crippen molar-refractivity contribution in [2.75, 3.05) is 13.1 Å². The van der Waals surface area contributed by atoms with Crippen molar-refractivity contribution in [3.63, 3.8) is 0 Å². The van der Waals surface area contributed by atoms with E-state index in [0.29, 0.717) is 24.8 Å². The Labute approximate surface area is 110 Å². The van der Waals surface area contributed by atoms with Crippen LogP contribution >= 0.6 is 0 Å². The van der Waals surface area contributed by atoms with E-state index in [2.05, 4.69) is 26.1 Å². The molecule has 0 aromatic rings. The number of nitrogens with one attached hydrogen (secondary N) is 1. The van der Waals surface area contributed by atoms with Crippen LogP contribution in [0.15, 0.2) is 0 Å². The molecular weight excluding hydrogens is 228 g/mol. The van der Waals surface area contributed by atoms with Gasteiger partial charge in [-0.15, -0.1) is 0 Å². The molecule has 1 aliphatic rings. The molecule has 2 atom stereocenters. The maximum atomic E-state index is 12.4. The van der Waals surface area contributed by atoms with Crippen LogP contribution in [0.2, 0.25) is 0 Å². The van der Waals surface area contributed by atoms with Gasteiger partial charge in [0.15, 0.2) is 0 Å². The van der Waals surface area contributed by atoms with Gasteiger partial charge in [0, 0.05) is 19.5 Å². The highest BCUT2D eigenvalue weighted by atomic mass is 16.2. The molecule has 2 amide bonds. The van der Waals surface area contributed by atoms with Gasteiger partial charge in [0.05, 0.1) is 0 Å². The SMILES string of the molecule is CCCC1NC(=O)CCN(CC(C)C(C)C)C1=O. The Bertz CT molecular complexity index is 302. The van der Waals surface area contributed by atoms with Crippen molar-refractivity contribution in [3.8, 4) is 0 Å². The lowest BCUT2D eigenvalue weighted by atomic mass is 9.97. The Morgan fingerprint density at radius 2 is 2.00 bits per heavy atom. The van der Waals surface area contributed by atoms with Crippen molar-refractivity contribution in [2.45, 2.75) is 53.0 Å². The first kappa shape index (κ1) is 15.0. The van der Waals surface area contributed by atoms with Crippen molar-refractivity contribution >= 4 is 11.8 Å².